The minimum atomic E-state index is -0.637. The Bertz CT molecular complexity index is 638. The first kappa shape index (κ1) is 13.6. The van der Waals surface area contributed by atoms with Gasteiger partial charge in [-0.25, -0.2) is 10.6 Å². The second kappa shape index (κ2) is 5.85. The second-order valence-corrected chi connectivity index (χ2v) is 3.91. The summed E-state index contributed by atoms with van der Waals surface area (Å²) in [6.07, 6.45) is 0. The summed E-state index contributed by atoms with van der Waals surface area (Å²) >= 11 is 0. The van der Waals surface area contributed by atoms with Gasteiger partial charge in [-0.15, -0.1) is 0 Å². The minimum Gasteiger partial charge on any atom is -0.508 e. The van der Waals surface area contributed by atoms with Crippen molar-refractivity contribution in [3.8, 4) is 11.5 Å². The summed E-state index contributed by atoms with van der Waals surface area (Å²) in [5, 5.41) is 9.16. The van der Waals surface area contributed by atoms with Crippen LogP contribution in [0.3, 0.4) is 0 Å². The van der Waals surface area contributed by atoms with E-state index < -0.39 is 11.9 Å². The summed E-state index contributed by atoms with van der Waals surface area (Å²) in [4.78, 5) is 23.5. The predicted molar refractivity (Wildman–Crippen MR) is 71.2 cm³/mol. The topological polar surface area (TPSA) is 102 Å². The average Bonchev–Trinajstić information content (AvgIpc) is 2.47. The highest BCUT2D eigenvalue weighted by atomic mass is 16.5. The highest BCUT2D eigenvalue weighted by Crippen LogP contribution is 2.19. The van der Waals surface area contributed by atoms with E-state index in [0.717, 1.165) is 0 Å². The Balaban J connectivity index is 2.24. The van der Waals surface area contributed by atoms with Gasteiger partial charge >= 0.3 is 5.97 Å². The van der Waals surface area contributed by atoms with Crippen LogP contribution in [0, 0.1) is 0 Å². The molecule has 0 unspecified atom stereocenters. The van der Waals surface area contributed by atoms with Crippen LogP contribution < -0.4 is 16.0 Å². The zero-order valence-electron chi connectivity index (χ0n) is 10.4. The van der Waals surface area contributed by atoms with Gasteiger partial charge in [0, 0.05) is 0 Å². The van der Waals surface area contributed by atoms with Crippen LogP contribution in [0.2, 0.25) is 0 Å². The highest BCUT2D eigenvalue weighted by Gasteiger charge is 2.15. The van der Waals surface area contributed by atoms with E-state index in [1.54, 1.807) is 12.1 Å². The predicted octanol–water partition coefficient (Wildman–Crippen LogP) is 1.21. The zero-order chi connectivity index (χ0) is 14.5. The average molecular weight is 272 g/mol. The van der Waals surface area contributed by atoms with Crippen molar-refractivity contribution in [2.24, 2.45) is 5.84 Å². The minimum absolute atomic E-state index is 0.0458. The molecule has 20 heavy (non-hydrogen) atoms. The first-order valence-corrected chi connectivity index (χ1v) is 5.73. The third-order valence-corrected chi connectivity index (χ3v) is 2.57. The molecule has 0 heterocycles. The van der Waals surface area contributed by atoms with Crippen LogP contribution in [-0.4, -0.2) is 17.0 Å². The molecule has 0 fully saturated rings. The van der Waals surface area contributed by atoms with E-state index in [9.17, 15) is 9.59 Å². The Morgan fingerprint density at radius 2 is 1.70 bits per heavy atom. The van der Waals surface area contributed by atoms with Crippen LogP contribution in [-0.2, 0) is 0 Å². The number of nitrogen functional groups attached to an aromatic ring is 1. The Hall–Kier alpha value is -2.86. The number of esters is 1. The van der Waals surface area contributed by atoms with Crippen molar-refractivity contribution in [2.75, 3.05) is 0 Å². The highest BCUT2D eigenvalue weighted by molar-refractivity contribution is 5.98. The molecule has 0 aromatic heterocycles. The zero-order valence-corrected chi connectivity index (χ0v) is 10.4. The maximum Gasteiger partial charge on any atom is 0.343 e. The molecule has 0 bridgehead atoms. The van der Waals surface area contributed by atoms with Gasteiger partial charge in [0.1, 0.15) is 11.5 Å². The van der Waals surface area contributed by atoms with Gasteiger partial charge in [-0.2, -0.15) is 0 Å². The molecule has 2 aromatic rings. The Kier molecular flexibility index (Phi) is 3.97. The van der Waals surface area contributed by atoms with Crippen molar-refractivity contribution in [3.05, 3.63) is 59.7 Å². The Labute approximate surface area is 114 Å². The van der Waals surface area contributed by atoms with E-state index in [4.69, 9.17) is 15.7 Å². The number of nitrogens with two attached hydrogens (primary N) is 1. The number of aromatic hydroxyl groups is 1. The van der Waals surface area contributed by atoms with E-state index in [-0.39, 0.29) is 22.6 Å². The number of phenols is 1. The van der Waals surface area contributed by atoms with Gasteiger partial charge < -0.3 is 9.84 Å². The lowest BCUT2D eigenvalue weighted by Gasteiger charge is -2.08. The van der Waals surface area contributed by atoms with Gasteiger partial charge in [-0.1, -0.05) is 12.1 Å². The number of hydrogen-bond donors (Lipinski definition) is 3. The number of para-hydroxylation sites is 1. The fourth-order valence-corrected chi connectivity index (χ4v) is 1.58. The molecule has 6 heteroatoms. The number of rotatable bonds is 3. The van der Waals surface area contributed by atoms with Crippen LogP contribution in [0.25, 0.3) is 0 Å². The van der Waals surface area contributed by atoms with Gasteiger partial charge in [-0.3, -0.25) is 10.2 Å². The van der Waals surface area contributed by atoms with Gasteiger partial charge in [0.25, 0.3) is 5.91 Å². The van der Waals surface area contributed by atoms with Gasteiger partial charge in [-0.05, 0) is 36.4 Å². The normalized spacial score (nSPS) is 9.85. The molecule has 2 aromatic carbocycles. The number of hydrogen-bond acceptors (Lipinski definition) is 5. The molecule has 0 saturated carbocycles. The summed E-state index contributed by atoms with van der Waals surface area (Å²) in [5.74, 6) is 4.02. The molecule has 4 N–H and O–H groups in total. The molecule has 0 atom stereocenters. The fourth-order valence-electron chi connectivity index (χ4n) is 1.58. The van der Waals surface area contributed by atoms with Crippen LogP contribution >= 0.6 is 0 Å². The number of carbonyl (C=O) groups is 2. The summed E-state index contributed by atoms with van der Waals surface area (Å²) in [5.41, 5.74) is 2.39. The van der Waals surface area contributed by atoms with Crippen LogP contribution in [0.15, 0.2) is 48.5 Å². The molecule has 2 rings (SSSR count). The molecule has 0 saturated heterocycles. The molecule has 0 aliphatic rings. The number of nitrogens with one attached hydrogen (secondary N) is 1. The maximum absolute atomic E-state index is 11.9. The second-order valence-electron chi connectivity index (χ2n) is 3.91. The quantitative estimate of drug-likeness (QED) is 0.256. The Morgan fingerprint density at radius 1 is 1.05 bits per heavy atom. The van der Waals surface area contributed by atoms with Crippen LogP contribution in [0.5, 0.6) is 11.5 Å². The SMILES string of the molecule is NNC(=O)c1ccccc1OC(=O)c1ccc(O)cc1. The number of amides is 1. The number of phenolic OH excluding ortho intramolecular Hbond substituents is 1. The van der Waals surface area contributed by atoms with Gasteiger partial charge in [0.2, 0.25) is 0 Å². The smallest absolute Gasteiger partial charge is 0.343 e. The van der Waals surface area contributed by atoms with E-state index in [1.807, 2.05) is 5.43 Å². The molecule has 0 aliphatic heterocycles. The van der Waals surface area contributed by atoms with Crippen molar-refractivity contribution in [2.45, 2.75) is 0 Å². The standard InChI is InChI=1S/C14H12N2O4/c15-16-13(18)11-3-1-2-4-12(11)20-14(19)9-5-7-10(17)8-6-9/h1-8,17H,15H2,(H,16,18). The van der Waals surface area contributed by atoms with Crippen LogP contribution in [0.1, 0.15) is 20.7 Å². The molecule has 0 aliphatic carbocycles. The fraction of sp³-hybridized carbons (Fsp3) is 0. The van der Waals surface area contributed by atoms with Crippen LogP contribution in [0.4, 0.5) is 0 Å². The summed E-state index contributed by atoms with van der Waals surface area (Å²) in [6.45, 7) is 0. The first-order valence-electron chi connectivity index (χ1n) is 5.73. The summed E-state index contributed by atoms with van der Waals surface area (Å²) in [7, 11) is 0. The van der Waals surface area contributed by atoms with Crippen molar-refractivity contribution >= 4 is 11.9 Å². The molecule has 0 radical (unpaired) electrons. The first-order chi connectivity index (χ1) is 9.61. The van der Waals surface area contributed by atoms with E-state index >= 15 is 0 Å². The lowest BCUT2D eigenvalue weighted by atomic mass is 10.2. The molecule has 6 nitrogen and oxygen atoms in total. The third kappa shape index (κ3) is 2.93. The maximum atomic E-state index is 11.9. The van der Waals surface area contributed by atoms with Gasteiger partial charge in [0.15, 0.2) is 0 Å². The molecular weight excluding hydrogens is 260 g/mol. The summed E-state index contributed by atoms with van der Waals surface area (Å²) < 4.78 is 5.16. The number of carbonyl (C=O) groups excluding carboxylic acids is 2. The largest absolute Gasteiger partial charge is 0.508 e. The third-order valence-electron chi connectivity index (χ3n) is 2.57. The lowest BCUT2D eigenvalue weighted by molar-refractivity contribution is 0.0732. The van der Waals surface area contributed by atoms with E-state index in [0.29, 0.717) is 0 Å². The van der Waals surface area contributed by atoms with Crippen molar-refractivity contribution in [3.63, 3.8) is 0 Å². The number of ether oxygens (including phenoxy) is 1. The monoisotopic (exact) mass is 272 g/mol. The van der Waals surface area contributed by atoms with Crippen molar-refractivity contribution in [1.82, 2.24) is 5.43 Å². The summed E-state index contributed by atoms with van der Waals surface area (Å²) in [6, 6.07) is 11.8. The van der Waals surface area contributed by atoms with E-state index in [1.165, 1.54) is 36.4 Å². The van der Waals surface area contributed by atoms with Crippen molar-refractivity contribution < 1.29 is 19.4 Å². The Morgan fingerprint density at radius 3 is 2.35 bits per heavy atom. The molecule has 0 spiro atoms. The molecule has 1 amide bonds. The van der Waals surface area contributed by atoms with E-state index in [2.05, 4.69) is 0 Å². The number of hydrazine groups is 1. The lowest BCUT2D eigenvalue weighted by Crippen LogP contribution is -2.30. The van der Waals surface area contributed by atoms with Gasteiger partial charge in [0.05, 0.1) is 11.1 Å². The number of benzene rings is 2. The molecule has 102 valence electrons. The molecular formula is C14H12N2O4. The van der Waals surface area contributed by atoms with Crippen molar-refractivity contribution in [1.29, 1.82) is 0 Å².